The molecule has 33 heavy (non-hydrogen) atoms. The van der Waals surface area contributed by atoms with Crippen molar-refractivity contribution < 1.29 is 17.5 Å². The lowest BCUT2D eigenvalue weighted by atomic mass is 10.1. The van der Waals surface area contributed by atoms with E-state index in [1.54, 1.807) is 24.3 Å². The van der Waals surface area contributed by atoms with E-state index in [0.717, 1.165) is 43.4 Å². The van der Waals surface area contributed by atoms with Crippen LogP contribution >= 0.6 is 0 Å². The Morgan fingerprint density at radius 1 is 0.970 bits per heavy atom. The Morgan fingerprint density at radius 3 is 2.33 bits per heavy atom. The molecule has 0 bridgehead atoms. The molecule has 0 radical (unpaired) electrons. The molecule has 1 aromatic heterocycles. The van der Waals surface area contributed by atoms with Gasteiger partial charge >= 0.3 is 0 Å². The number of hydrogen-bond acceptors (Lipinski definition) is 7. The number of rotatable bonds is 7. The standard InChI is InChI=1S/C23H26FN5O3S/c1-16-14-22(27-23(25-16)29-12-4-3-5-13-29)26-17-6-8-18(9-7-17)28-33(30,31)19-10-11-21(32-2)20(24)15-19/h6-11,14-15,28H,3-5,12-13H2,1-2H3,(H,25,26,27). The van der Waals surface area contributed by atoms with E-state index in [4.69, 9.17) is 4.74 Å². The Labute approximate surface area is 192 Å². The average molecular weight is 472 g/mol. The van der Waals surface area contributed by atoms with Crippen molar-refractivity contribution in [3.8, 4) is 5.75 Å². The van der Waals surface area contributed by atoms with Gasteiger partial charge in [0.25, 0.3) is 10.0 Å². The normalized spacial score (nSPS) is 14.1. The zero-order valence-electron chi connectivity index (χ0n) is 18.5. The minimum absolute atomic E-state index is 0.0206. The topological polar surface area (TPSA) is 96.5 Å². The van der Waals surface area contributed by atoms with Crippen molar-refractivity contribution in [3.63, 3.8) is 0 Å². The van der Waals surface area contributed by atoms with Crippen molar-refractivity contribution in [2.24, 2.45) is 0 Å². The van der Waals surface area contributed by atoms with Gasteiger partial charge in [-0.25, -0.2) is 17.8 Å². The zero-order valence-corrected chi connectivity index (χ0v) is 19.3. The van der Waals surface area contributed by atoms with Crippen LogP contribution in [-0.4, -0.2) is 38.6 Å². The lowest BCUT2D eigenvalue weighted by Crippen LogP contribution is -2.31. The van der Waals surface area contributed by atoms with Crippen LogP contribution in [0.5, 0.6) is 5.75 Å². The van der Waals surface area contributed by atoms with E-state index >= 15 is 0 Å². The van der Waals surface area contributed by atoms with Gasteiger partial charge in [0.15, 0.2) is 11.6 Å². The van der Waals surface area contributed by atoms with Crippen LogP contribution in [0.25, 0.3) is 0 Å². The molecular formula is C23H26FN5O3S. The van der Waals surface area contributed by atoms with Crippen LogP contribution in [0.3, 0.4) is 0 Å². The van der Waals surface area contributed by atoms with Crippen LogP contribution in [0.15, 0.2) is 53.4 Å². The van der Waals surface area contributed by atoms with E-state index < -0.39 is 15.8 Å². The molecule has 2 aromatic carbocycles. The first kappa shape index (κ1) is 22.8. The highest BCUT2D eigenvalue weighted by molar-refractivity contribution is 7.92. The first-order chi connectivity index (χ1) is 15.8. The Balaban J connectivity index is 1.46. The molecule has 0 unspecified atom stereocenters. The fourth-order valence-corrected chi connectivity index (χ4v) is 4.72. The zero-order chi connectivity index (χ0) is 23.4. The predicted octanol–water partition coefficient (Wildman–Crippen LogP) is 4.47. The number of halogens is 1. The number of methoxy groups -OCH3 is 1. The van der Waals surface area contributed by atoms with Crippen LogP contribution in [0.4, 0.5) is 27.5 Å². The van der Waals surface area contributed by atoms with Crippen molar-refractivity contribution in [2.45, 2.75) is 31.1 Å². The Morgan fingerprint density at radius 2 is 1.67 bits per heavy atom. The monoisotopic (exact) mass is 471 g/mol. The van der Waals surface area contributed by atoms with Crippen molar-refractivity contribution in [3.05, 3.63) is 60.0 Å². The molecule has 0 amide bonds. The molecule has 0 saturated carbocycles. The molecule has 1 aliphatic rings. The van der Waals surface area contributed by atoms with Gasteiger partial charge in [0, 0.05) is 36.2 Å². The predicted molar refractivity (Wildman–Crippen MR) is 126 cm³/mol. The summed E-state index contributed by atoms with van der Waals surface area (Å²) in [5.41, 5.74) is 1.96. The maximum absolute atomic E-state index is 13.9. The van der Waals surface area contributed by atoms with Crippen LogP contribution in [0, 0.1) is 12.7 Å². The number of benzene rings is 2. The summed E-state index contributed by atoms with van der Waals surface area (Å²) in [6.07, 6.45) is 3.51. The summed E-state index contributed by atoms with van der Waals surface area (Å²) in [5.74, 6) is 0.621. The van der Waals surface area contributed by atoms with Gasteiger partial charge in [-0.2, -0.15) is 4.98 Å². The molecule has 10 heteroatoms. The molecular weight excluding hydrogens is 445 g/mol. The van der Waals surface area contributed by atoms with Crippen LogP contribution < -0.4 is 19.7 Å². The van der Waals surface area contributed by atoms with Crippen molar-refractivity contribution in [1.29, 1.82) is 0 Å². The van der Waals surface area contributed by atoms with E-state index in [-0.39, 0.29) is 10.6 Å². The summed E-state index contributed by atoms with van der Waals surface area (Å²) in [6, 6.07) is 12.1. The highest BCUT2D eigenvalue weighted by Crippen LogP contribution is 2.25. The number of nitrogens with one attached hydrogen (secondary N) is 2. The van der Waals surface area contributed by atoms with E-state index in [2.05, 4.69) is 24.9 Å². The van der Waals surface area contributed by atoms with Gasteiger partial charge < -0.3 is 15.0 Å². The maximum Gasteiger partial charge on any atom is 0.262 e. The number of nitrogens with zero attached hydrogens (tertiary/aromatic N) is 3. The third-order valence-corrected chi connectivity index (χ3v) is 6.70. The van der Waals surface area contributed by atoms with Gasteiger partial charge in [-0.3, -0.25) is 4.72 Å². The lowest BCUT2D eigenvalue weighted by molar-refractivity contribution is 0.385. The smallest absolute Gasteiger partial charge is 0.262 e. The second-order valence-electron chi connectivity index (χ2n) is 7.85. The Kier molecular flexibility index (Phi) is 6.64. The first-order valence-electron chi connectivity index (χ1n) is 10.7. The fourth-order valence-electron chi connectivity index (χ4n) is 3.65. The Hall–Kier alpha value is -3.40. The molecule has 3 aromatic rings. The quantitative estimate of drug-likeness (QED) is 0.525. The maximum atomic E-state index is 13.9. The second kappa shape index (κ2) is 9.62. The first-order valence-corrected chi connectivity index (χ1v) is 12.2. The SMILES string of the molecule is COc1ccc(S(=O)(=O)Nc2ccc(Nc3cc(C)nc(N4CCCCC4)n3)cc2)cc1F. The summed E-state index contributed by atoms with van der Waals surface area (Å²) in [4.78, 5) is 11.2. The number of piperidine rings is 1. The van der Waals surface area contributed by atoms with E-state index in [0.29, 0.717) is 17.5 Å². The molecule has 8 nitrogen and oxygen atoms in total. The summed E-state index contributed by atoms with van der Waals surface area (Å²) in [6.45, 7) is 3.84. The van der Waals surface area contributed by atoms with Gasteiger partial charge in [-0.1, -0.05) is 0 Å². The molecule has 1 aliphatic heterocycles. The van der Waals surface area contributed by atoms with Gasteiger partial charge in [-0.05, 0) is 68.7 Å². The molecule has 0 atom stereocenters. The number of hydrogen-bond donors (Lipinski definition) is 2. The van der Waals surface area contributed by atoms with Crippen LogP contribution in [0.2, 0.25) is 0 Å². The van der Waals surface area contributed by atoms with Crippen molar-refractivity contribution >= 4 is 33.2 Å². The van der Waals surface area contributed by atoms with E-state index in [9.17, 15) is 12.8 Å². The van der Waals surface area contributed by atoms with E-state index in [1.165, 1.54) is 25.7 Å². The largest absolute Gasteiger partial charge is 0.494 e. The Bertz CT molecular complexity index is 1230. The molecule has 1 saturated heterocycles. The third-order valence-electron chi connectivity index (χ3n) is 5.32. The molecule has 2 heterocycles. The van der Waals surface area contributed by atoms with Gasteiger partial charge in [0.2, 0.25) is 5.95 Å². The van der Waals surface area contributed by atoms with Crippen molar-refractivity contribution in [1.82, 2.24) is 9.97 Å². The number of aromatic nitrogens is 2. The fraction of sp³-hybridized carbons (Fsp3) is 0.304. The summed E-state index contributed by atoms with van der Waals surface area (Å²) < 4.78 is 46.4. The van der Waals surface area contributed by atoms with E-state index in [1.807, 2.05) is 13.0 Å². The molecule has 174 valence electrons. The van der Waals surface area contributed by atoms with Gasteiger partial charge in [0.1, 0.15) is 5.82 Å². The summed E-state index contributed by atoms with van der Waals surface area (Å²) in [5, 5.41) is 3.25. The minimum atomic E-state index is -3.95. The highest BCUT2D eigenvalue weighted by Gasteiger charge is 2.17. The van der Waals surface area contributed by atoms with Gasteiger partial charge in [-0.15, -0.1) is 0 Å². The van der Waals surface area contributed by atoms with Crippen molar-refractivity contribution in [2.75, 3.05) is 35.1 Å². The van der Waals surface area contributed by atoms with Gasteiger partial charge in [0.05, 0.1) is 12.0 Å². The minimum Gasteiger partial charge on any atom is -0.494 e. The van der Waals surface area contributed by atoms with Crippen LogP contribution in [-0.2, 0) is 10.0 Å². The second-order valence-corrected chi connectivity index (χ2v) is 9.53. The average Bonchev–Trinajstić information content (AvgIpc) is 2.80. The lowest BCUT2D eigenvalue weighted by Gasteiger charge is -2.27. The number of ether oxygens (including phenoxy) is 1. The molecule has 0 spiro atoms. The van der Waals surface area contributed by atoms with Crippen LogP contribution in [0.1, 0.15) is 25.0 Å². The summed E-state index contributed by atoms with van der Waals surface area (Å²) >= 11 is 0. The number of aryl methyl sites for hydroxylation is 1. The molecule has 4 rings (SSSR count). The highest BCUT2D eigenvalue weighted by atomic mass is 32.2. The molecule has 2 N–H and O–H groups in total. The summed E-state index contributed by atoms with van der Waals surface area (Å²) in [7, 11) is -2.63. The molecule has 0 aliphatic carbocycles. The number of anilines is 4. The third kappa shape index (κ3) is 5.51. The molecule has 1 fully saturated rings. The number of sulfonamides is 1.